The number of nitriles is 1. The van der Waals surface area contributed by atoms with Crippen molar-refractivity contribution in [3.8, 4) is 11.8 Å². The maximum absolute atomic E-state index is 13.4. The fourth-order valence-corrected chi connectivity index (χ4v) is 1.64. The third-order valence-corrected chi connectivity index (χ3v) is 2.78. The summed E-state index contributed by atoms with van der Waals surface area (Å²) in [5.41, 5.74) is 0.987. The molecule has 0 aromatic heterocycles. The lowest BCUT2D eigenvalue weighted by Gasteiger charge is -2.07. The van der Waals surface area contributed by atoms with Crippen LogP contribution in [0.25, 0.3) is 0 Å². The van der Waals surface area contributed by atoms with Crippen LogP contribution in [0.4, 0.5) is 27.6 Å². The molecule has 4 nitrogen and oxygen atoms in total. The summed E-state index contributed by atoms with van der Waals surface area (Å²) in [6, 6.07) is 7.83. The number of hydrazone groups is 1. The predicted octanol–water partition coefficient (Wildman–Crippen LogP) is 3.73. The normalized spacial score (nSPS) is 10.7. The number of hydrogen-bond donors (Lipinski definition) is 1. The van der Waals surface area contributed by atoms with Crippen LogP contribution in [0.5, 0.6) is 5.75 Å². The minimum Gasteiger partial charge on any atom is -0.479 e. The number of rotatable bonds is 5. The number of hydrogen-bond acceptors (Lipinski definition) is 4. The highest BCUT2D eigenvalue weighted by atomic mass is 19.2. The Labute approximate surface area is 132 Å². The van der Waals surface area contributed by atoms with Crippen molar-refractivity contribution < 1.29 is 26.7 Å². The smallest absolute Gasteiger partial charge is 0.200 e. The van der Waals surface area contributed by atoms with Gasteiger partial charge in [-0.15, -0.1) is 0 Å². The molecule has 0 spiro atoms. The first kappa shape index (κ1) is 17.2. The third kappa shape index (κ3) is 3.60. The molecule has 0 aliphatic carbocycles. The van der Waals surface area contributed by atoms with Crippen LogP contribution in [0.1, 0.15) is 5.56 Å². The fourth-order valence-electron chi connectivity index (χ4n) is 1.64. The highest BCUT2D eigenvalue weighted by Gasteiger charge is 2.25. The van der Waals surface area contributed by atoms with Gasteiger partial charge in [0.25, 0.3) is 0 Å². The zero-order valence-electron chi connectivity index (χ0n) is 11.8. The van der Waals surface area contributed by atoms with Gasteiger partial charge in [0, 0.05) is 0 Å². The number of nitrogens with zero attached hydrogens (tertiary/aromatic N) is 2. The number of ether oxygens (including phenoxy) is 1. The second kappa shape index (κ2) is 7.41. The molecule has 2 aromatic carbocycles. The standard InChI is InChI=1S/C15H8F5N3O/c16-10-11(17)13(19)15(14(20)12(10)18)23-22-7-8-1-3-9(4-2-8)24-6-5-21/h1-4,7,23H,6H2/b22-7-. The largest absolute Gasteiger partial charge is 0.479 e. The second-order valence-electron chi connectivity index (χ2n) is 4.33. The zero-order valence-corrected chi connectivity index (χ0v) is 11.8. The van der Waals surface area contributed by atoms with E-state index in [0.717, 1.165) is 6.21 Å². The van der Waals surface area contributed by atoms with Gasteiger partial charge in [-0.2, -0.15) is 10.4 Å². The lowest BCUT2D eigenvalue weighted by molar-refractivity contribution is 0.368. The molecular formula is C15H8F5N3O. The number of nitrogens with one attached hydrogen (secondary N) is 1. The molecule has 0 unspecified atom stereocenters. The summed E-state index contributed by atoms with van der Waals surface area (Å²) >= 11 is 0. The van der Waals surface area contributed by atoms with Crippen LogP contribution < -0.4 is 10.2 Å². The van der Waals surface area contributed by atoms with E-state index in [0.29, 0.717) is 11.3 Å². The van der Waals surface area contributed by atoms with E-state index in [1.807, 2.05) is 0 Å². The molecule has 0 saturated heterocycles. The molecule has 0 amide bonds. The van der Waals surface area contributed by atoms with Gasteiger partial charge in [0.1, 0.15) is 17.5 Å². The molecule has 2 aromatic rings. The maximum Gasteiger partial charge on any atom is 0.200 e. The summed E-state index contributed by atoms with van der Waals surface area (Å²) in [6.45, 7) is -0.130. The molecule has 24 heavy (non-hydrogen) atoms. The van der Waals surface area contributed by atoms with Crippen molar-refractivity contribution in [2.24, 2.45) is 5.10 Å². The average molecular weight is 341 g/mol. The van der Waals surface area contributed by atoms with Gasteiger partial charge in [-0.1, -0.05) is 0 Å². The Morgan fingerprint density at radius 2 is 1.50 bits per heavy atom. The van der Waals surface area contributed by atoms with Crippen molar-refractivity contribution in [1.82, 2.24) is 0 Å². The molecule has 1 N–H and O–H groups in total. The van der Waals surface area contributed by atoms with E-state index in [1.165, 1.54) is 24.3 Å². The van der Waals surface area contributed by atoms with Crippen LogP contribution >= 0.6 is 0 Å². The van der Waals surface area contributed by atoms with Crippen LogP contribution in [0.15, 0.2) is 29.4 Å². The summed E-state index contributed by atoms with van der Waals surface area (Å²) in [5.74, 6) is -9.97. The first-order valence-electron chi connectivity index (χ1n) is 6.36. The SMILES string of the molecule is N#CCOc1ccc(/C=N\Nc2c(F)c(F)c(F)c(F)c2F)cc1. The van der Waals surface area contributed by atoms with Crippen molar-refractivity contribution in [1.29, 1.82) is 5.26 Å². The predicted molar refractivity (Wildman–Crippen MR) is 75.0 cm³/mol. The van der Waals surface area contributed by atoms with Gasteiger partial charge in [0.2, 0.25) is 5.82 Å². The van der Waals surface area contributed by atoms with Gasteiger partial charge in [0.15, 0.2) is 29.9 Å². The van der Waals surface area contributed by atoms with E-state index >= 15 is 0 Å². The van der Waals surface area contributed by atoms with Gasteiger partial charge in [0.05, 0.1) is 6.21 Å². The molecule has 0 saturated carbocycles. The Morgan fingerprint density at radius 1 is 0.958 bits per heavy atom. The molecule has 0 fully saturated rings. The van der Waals surface area contributed by atoms with Crippen LogP contribution in [0.2, 0.25) is 0 Å². The molecule has 0 aliphatic rings. The lowest BCUT2D eigenvalue weighted by Crippen LogP contribution is -2.06. The van der Waals surface area contributed by atoms with E-state index in [1.54, 1.807) is 11.5 Å². The molecule has 0 atom stereocenters. The first-order chi connectivity index (χ1) is 11.5. The van der Waals surface area contributed by atoms with Gasteiger partial charge in [-0.25, -0.2) is 22.0 Å². The Bertz CT molecular complexity index is 786. The van der Waals surface area contributed by atoms with Crippen LogP contribution in [-0.4, -0.2) is 12.8 Å². The quantitative estimate of drug-likeness (QED) is 0.296. The zero-order chi connectivity index (χ0) is 17.7. The van der Waals surface area contributed by atoms with E-state index in [2.05, 4.69) is 5.10 Å². The van der Waals surface area contributed by atoms with Crippen molar-refractivity contribution in [3.63, 3.8) is 0 Å². The molecular weight excluding hydrogens is 333 g/mol. The van der Waals surface area contributed by atoms with E-state index in [-0.39, 0.29) is 6.61 Å². The summed E-state index contributed by atoms with van der Waals surface area (Å²) < 4.78 is 70.7. The Kier molecular flexibility index (Phi) is 5.31. The van der Waals surface area contributed by atoms with Crippen molar-refractivity contribution >= 4 is 11.9 Å². The molecule has 0 heterocycles. The summed E-state index contributed by atoms with van der Waals surface area (Å²) in [7, 11) is 0. The maximum atomic E-state index is 13.4. The Hall–Kier alpha value is -3.15. The van der Waals surface area contributed by atoms with E-state index < -0.39 is 34.8 Å². The molecule has 124 valence electrons. The molecule has 0 radical (unpaired) electrons. The fraction of sp³-hybridized carbons (Fsp3) is 0.0667. The average Bonchev–Trinajstić information content (AvgIpc) is 2.60. The van der Waals surface area contributed by atoms with Gasteiger partial charge < -0.3 is 4.74 Å². The minimum absolute atomic E-state index is 0.130. The molecule has 0 bridgehead atoms. The van der Waals surface area contributed by atoms with Gasteiger partial charge >= 0.3 is 0 Å². The number of halogens is 5. The van der Waals surface area contributed by atoms with Crippen LogP contribution in [0.3, 0.4) is 0 Å². The van der Waals surface area contributed by atoms with Gasteiger partial charge in [-0.3, -0.25) is 5.43 Å². The number of anilines is 1. The molecule has 2 rings (SSSR count). The molecule has 9 heteroatoms. The highest BCUT2D eigenvalue weighted by Crippen LogP contribution is 2.27. The van der Waals surface area contributed by atoms with E-state index in [4.69, 9.17) is 10.00 Å². The topological polar surface area (TPSA) is 57.4 Å². The number of benzene rings is 2. The van der Waals surface area contributed by atoms with E-state index in [9.17, 15) is 22.0 Å². The van der Waals surface area contributed by atoms with Gasteiger partial charge in [-0.05, 0) is 29.8 Å². The third-order valence-electron chi connectivity index (χ3n) is 2.78. The van der Waals surface area contributed by atoms with Crippen molar-refractivity contribution in [2.45, 2.75) is 0 Å². The second-order valence-corrected chi connectivity index (χ2v) is 4.33. The Balaban J connectivity index is 2.14. The van der Waals surface area contributed by atoms with Crippen LogP contribution in [0, 0.1) is 40.4 Å². The summed E-state index contributed by atoms with van der Waals surface area (Å²) in [4.78, 5) is 0. The van der Waals surface area contributed by atoms with Crippen molar-refractivity contribution in [3.05, 3.63) is 58.9 Å². The first-order valence-corrected chi connectivity index (χ1v) is 6.36. The lowest BCUT2D eigenvalue weighted by atomic mass is 10.2. The summed E-state index contributed by atoms with van der Waals surface area (Å²) in [6.07, 6.45) is 1.10. The summed E-state index contributed by atoms with van der Waals surface area (Å²) in [5, 5.41) is 11.8. The Morgan fingerprint density at radius 3 is 2.04 bits per heavy atom. The highest BCUT2D eigenvalue weighted by molar-refractivity contribution is 5.80. The molecule has 0 aliphatic heterocycles. The van der Waals surface area contributed by atoms with Crippen molar-refractivity contribution in [2.75, 3.05) is 12.0 Å². The monoisotopic (exact) mass is 341 g/mol. The van der Waals surface area contributed by atoms with Crippen LogP contribution in [-0.2, 0) is 0 Å². The minimum atomic E-state index is -2.24.